The van der Waals surface area contributed by atoms with Gasteiger partial charge in [-0.3, -0.25) is 4.79 Å². The van der Waals surface area contributed by atoms with E-state index in [9.17, 15) is 4.79 Å². The molecule has 1 aromatic heterocycles. The van der Waals surface area contributed by atoms with Gasteiger partial charge in [0.2, 0.25) is 5.91 Å². The van der Waals surface area contributed by atoms with Crippen molar-refractivity contribution in [1.29, 1.82) is 0 Å². The standard InChI is InChI=1S/C29H40N4O/c1-2-3-4-5-11-30-12-13-31-27-10-9-24-25(32-27)7-6-8-26(24)33-28(34)20-29-17-21-14-22(18-29)16-23(15-21)19-29/h4-10,21-23,30H,2-3,11-20H2,1H3,(H,31,32)(H,33,34). The summed E-state index contributed by atoms with van der Waals surface area (Å²) in [6.07, 6.45) is 15.5. The molecule has 0 atom stereocenters. The molecule has 0 saturated heterocycles. The van der Waals surface area contributed by atoms with Crippen molar-refractivity contribution in [3.63, 3.8) is 0 Å². The molecule has 0 aliphatic heterocycles. The maximum atomic E-state index is 13.1. The first-order chi connectivity index (χ1) is 16.6. The number of amides is 1. The van der Waals surface area contributed by atoms with Gasteiger partial charge in [0.15, 0.2) is 0 Å². The Bertz CT molecular complexity index is 995. The Morgan fingerprint density at radius 3 is 2.53 bits per heavy atom. The Hall–Kier alpha value is -2.40. The van der Waals surface area contributed by atoms with Crippen LogP contribution in [0.2, 0.25) is 0 Å². The third-order valence-electron chi connectivity index (χ3n) is 8.20. The summed E-state index contributed by atoms with van der Waals surface area (Å²) in [6.45, 7) is 4.80. The number of unbranched alkanes of at least 4 members (excludes halogenated alkanes) is 1. The Balaban J connectivity index is 1.16. The van der Waals surface area contributed by atoms with E-state index in [2.05, 4.69) is 41.1 Å². The summed E-state index contributed by atoms with van der Waals surface area (Å²) in [6, 6.07) is 10.1. The van der Waals surface area contributed by atoms with Crippen LogP contribution in [-0.2, 0) is 4.79 Å². The van der Waals surface area contributed by atoms with Crippen molar-refractivity contribution in [2.24, 2.45) is 23.2 Å². The summed E-state index contributed by atoms with van der Waals surface area (Å²) in [5.41, 5.74) is 2.05. The van der Waals surface area contributed by atoms with E-state index in [1.807, 2.05) is 24.3 Å². The third-order valence-corrected chi connectivity index (χ3v) is 8.20. The largest absolute Gasteiger partial charge is 0.369 e. The minimum Gasteiger partial charge on any atom is -0.369 e. The average Bonchev–Trinajstić information content (AvgIpc) is 2.79. The highest BCUT2D eigenvalue weighted by Gasteiger charge is 2.51. The number of carbonyl (C=O) groups excluding carboxylic acids is 1. The van der Waals surface area contributed by atoms with Crippen molar-refractivity contribution in [2.75, 3.05) is 30.3 Å². The average molecular weight is 461 g/mol. The van der Waals surface area contributed by atoms with Gasteiger partial charge in [-0.1, -0.05) is 31.6 Å². The zero-order valence-corrected chi connectivity index (χ0v) is 20.6. The van der Waals surface area contributed by atoms with E-state index in [4.69, 9.17) is 4.98 Å². The minimum atomic E-state index is 0.177. The van der Waals surface area contributed by atoms with Crippen LogP contribution in [-0.4, -0.2) is 30.5 Å². The van der Waals surface area contributed by atoms with Crippen LogP contribution in [0.4, 0.5) is 11.5 Å². The van der Waals surface area contributed by atoms with Crippen LogP contribution in [0, 0.1) is 23.2 Å². The van der Waals surface area contributed by atoms with E-state index >= 15 is 0 Å². The molecule has 1 amide bonds. The summed E-state index contributed by atoms with van der Waals surface area (Å²) < 4.78 is 0. The third kappa shape index (κ3) is 5.46. The van der Waals surface area contributed by atoms with Gasteiger partial charge in [0.25, 0.3) is 0 Å². The molecule has 0 radical (unpaired) electrons. The fraction of sp³-hybridized carbons (Fsp3) is 0.586. The lowest BCUT2D eigenvalue weighted by molar-refractivity contribution is -0.124. The van der Waals surface area contributed by atoms with Crippen LogP contribution in [0.5, 0.6) is 0 Å². The maximum Gasteiger partial charge on any atom is 0.224 e. The molecule has 4 aliphatic rings. The molecular formula is C29H40N4O. The van der Waals surface area contributed by atoms with Crippen molar-refractivity contribution >= 4 is 28.3 Å². The van der Waals surface area contributed by atoms with Gasteiger partial charge < -0.3 is 16.0 Å². The number of pyridine rings is 1. The summed E-state index contributed by atoms with van der Waals surface area (Å²) in [4.78, 5) is 17.9. The van der Waals surface area contributed by atoms with Crippen LogP contribution in [0.3, 0.4) is 0 Å². The van der Waals surface area contributed by atoms with E-state index in [0.29, 0.717) is 6.42 Å². The van der Waals surface area contributed by atoms with Gasteiger partial charge in [-0.15, -0.1) is 0 Å². The molecule has 2 aromatic rings. The SMILES string of the molecule is CCCC=CCNCCNc1ccc2c(NC(=O)CC34CC5CC(CC(C5)C3)C4)cccc2n1. The predicted octanol–water partition coefficient (Wildman–Crippen LogP) is 6.14. The van der Waals surface area contributed by atoms with E-state index < -0.39 is 0 Å². The number of nitrogens with one attached hydrogen (secondary N) is 3. The zero-order chi connectivity index (χ0) is 23.4. The second-order valence-corrected chi connectivity index (χ2v) is 11.1. The monoisotopic (exact) mass is 460 g/mol. The summed E-state index contributed by atoms with van der Waals surface area (Å²) in [7, 11) is 0. The molecular weight excluding hydrogens is 420 g/mol. The van der Waals surface area contributed by atoms with Crippen molar-refractivity contribution in [3.8, 4) is 0 Å². The Morgan fingerprint density at radius 2 is 1.79 bits per heavy atom. The van der Waals surface area contributed by atoms with Gasteiger partial charge in [-0.2, -0.15) is 0 Å². The van der Waals surface area contributed by atoms with Crippen LogP contribution in [0.15, 0.2) is 42.5 Å². The lowest BCUT2D eigenvalue weighted by atomic mass is 9.49. The fourth-order valence-corrected chi connectivity index (χ4v) is 7.24. The number of allylic oxidation sites excluding steroid dienone is 1. The normalized spacial score (nSPS) is 27.5. The first kappa shape index (κ1) is 23.3. The molecule has 1 heterocycles. The molecule has 5 nitrogen and oxygen atoms in total. The molecule has 4 aliphatic carbocycles. The number of hydrogen-bond donors (Lipinski definition) is 3. The first-order valence-electron chi connectivity index (χ1n) is 13.4. The van der Waals surface area contributed by atoms with E-state index in [1.165, 1.54) is 44.9 Å². The van der Waals surface area contributed by atoms with E-state index in [0.717, 1.165) is 66.2 Å². The second kappa shape index (κ2) is 10.5. The maximum absolute atomic E-state index is 13.1. The van der Waals surface area contributed by atoms with Crippen LogP contribution in [0.25, 0.3) is 10.9 Å². The van der Waals surface area contributed by atoms with Gasteiger partial charge in [0.1, 0.15) is 5.82 Å². The summed E-state index contributed by atoms with van der Waals surface area (Å²) in [5, 5.41) is 11.1. The first-order valence-corrected chi connectivity index (χ1v) is 13.4. The molecule has 34 heavy (non-hydrogen) atoms. The number of anilines is 2. The van der Waals surface area contributed by atoms with Crippen LogP contribution in [0.1, 0.15) is 64.7 Å². The number of carbonyl (C=O) groups is 1. The van der Waals surface area contributed by atoms with Gasteiger partial charge in [-0.05, 0) is 92.4 Å². The molecule has 4 saturated carbocycles. The highest BCUT2D eigenvalue weighted by molar-refractivity contribution is 6.01. The van der Waals surface area contributed by atoms with Crippen LogP contribution >= 0.6 is 0 Å². The highest BCUT2D eigenvalue weighted by Crippen LogP contribution is 2.61. The second-order valence-electron chi connectivity index (χ2n) is 11.1. The Morgan fingerprint density at radius 1 is 1.03 bits per heavy atom. The van der Waals surface area contributed by atoms with Gasteiger partial charge in [-0.25, -0.2) is 4.98 Å². The Kier molecular flexibility index (Phi) is 7.19. The zero-order valence-electron chi connectivity index (χ0n) is 20.6. The smallest absolute Gasteiger partial charge is 0.224 e. The van der Waals surface area contributed by atoms with E-state index in [1.54, 1.807) is 0 Å². The highest BCUT2D eigenvalue weighted by atomic mass is 16.1. The molecule has 0 spiro atoms. The predicted molar refractivity (Wildman–Crippen MR) is 141 cm³/mol. The molecule has 4 bridgehead atoms. The van der Waals surface area contributed by atoms with Gasteiger partial charge >= 0.3 is 0 Å². The van der Waals surface area contributed by atoms with Crippen molar-refractivity contribution in [3.05, 3.63) is 42.5 Å². The number of nitrogens with zero attached hydrogens (tertiary/aromatic N) is 1. The van der Waals surface area contributed by atoms with Crippen molar-refractivity contribution in [2.45, 2.75) is 64.7 Å². The summed E-state index contributed by atoms with van der Waals surface area (Å²) in [5.74, 6) is 3.67. The molecule has 5 heteroatoms. The lowest BCUT2D eigenvalue weighted by Crippen LogP contribution is -2.47. The molecule has 1 aromatic carbocycles. The number of aromatic nitrogens is 1. The van der Waals surface area contributed by atoms with Gasteiger partial charge in [0, 0.05) is 31.4 Å². The van der Waals surface area contributed by atoms with Gasteiger partial charge in [0.05, 0.1) is 11.2 Å². The number of hydrogen-bond acceptors (Lipinski definition) is 4. The molecule has 6 rings (SSSR count). The fourth-order valence-electron chi connectivity index (χ4n) is 7.24. The van der Waals surface area contributed by atoms with Crippen molar-refractivity contribution < 1.29 is 4.79 Å². The minimum absolute atomic E-state index is 0.177. The van der Waals surface area contributed by atoms with Crippen molar-refractivity contribution in [1.82, 2.24) is 10.3 Å². The van der Waals surface area contributed by atoms with E-state index in [-0.39, 0.29) is 11.3 Å². The number of benzene rings is 1. The quantitative estimate of drug-likeness (QED) is 0.278. The molecule has 4 fully saturated rings. The van der Waals surface area contributed by atoms with Crippen LogP contribution < -0.4 is 16.0 Å². The molecule has 3 N–H and O–H groups in total. The topological polar surface area (TPSA) is 66.0 Å². The summed E-state index contributed by atoms with van der Waals surface area (Å²) >= 11 is 0. The molecule has 0 unspecified atom stereocenters. The number of fused-ring (bicyclic) bond motifs is 1. The number of rotatable bonds is 11. The lowest BCUT2D eigenvalue weighted by Gasteiger charge is -2.56. The molecule has 182 valence electrons. The Labute approximate surface area is 204 Å².